The van der Waals surface area contributed by atoms with Crippen LogP contribution >= 0.6 is 0 Å². The fraction of sp³-hybridized carbons (Fsp3) is 0.636. The zero-order valence-corrected chi connectivity index (χ0v) is 10.8. The number of nitrogens with one attached hydrogen (secondary N) is 2. The van der Waals surface area contributed by atoms with Gasteiger partial charge in [-0.3, -0.25) is 14.7 Å². The number of ether oxygens (including phenoxy) is 1. The van der Waals surface area contributed by atoms with Crippen LogP contribution in [-0.4, -0.2) is 58.7 Å². The van der Waals surface area contributed by atoms with Crippen molar-refractivity contribution in [1.82, 2.24) is 25.4 Å². The van der Waals surface area contributed by atoms with Gasteiger partial charge in [0.1, 0.15) is 12.2 Å². The van der Waals surface area contributed by atoms with Crippen LogP contribution < -0.4 is 5.32 Å². The van der Waals surface area contributed by atoms with Gasteiger partial charge in [-0.25, -0.2) is 4.98 Å². The van der Waals surface area contributed by atoms with E-state index in [-0.39, 0.29) is 24.2 Å². The Morgan fingerprint density at radius 1 is 1.68 bits per heavy atom. The molecule has 2 amide bonds. The molecule has 0 aliphatic carbocycles. The summed E-state index contributed by atoms with van der Waals surface area (Å²) < 4.78 is 4.93. The first-order chi connectivity index (χ1) is 9.20. The van der Waals surface area contributed by atoms with Crippen molar-refractivity contribution in [3.05, 3.63) is 12.2 Å². The van der Waals surface area contributed by atoms with Crippen molar-refractivity contribution >= 4 is 11.8 Å². The van der Waals surface area contributed by atoms with Crippen molar-refractivity contribution in [3.63, 3.8) is 0 Å². The van der Waals surface area contributed by atoms with Crippen LogP contribution in [-0.2, 0) is 20.9 Å². The summed E-state index contributed by atoms with van der Waals surface area (Å²) in [4.78, 5) is 29.2. The summed E-state index contributed by atoms with van der Waals surface area (Å²) in [6, 6.07) is 0. The van der Waals surface area contributed by atoms with Gasteiger partial charge in [-0.05, 0) is 0 Å². The van der Waals surface area contributed by atoms with Gasteiger partial charge in [-0.1, -0.05) is 0 Å². The highest BCUT2D eigenvalue weighted by atomic mass is 16.5. The lowest BCUT2D eigenvalue weighted by Crippen LogP contribution is -2.33. The van der Waals surface area contributed by atoms with Crippen LogP contribution in [0.5, 0.6) is 0 Å². The minimum atomic E-state index is -0.299. The molecule has 1 aromatic heterocycles. The second kappa shape index (κ2) is 6.28. The van der Waals surface area contributed by atoms with Crippen molar-refractivity contribution in [2.75, 3.05) is 26.8 Å². The summed E-state index contributed by atoms with van der Waals surface area (Å²) in [6.07, 6.45) is 1.64. The van der Waals surface area contributed by atoms with Crippen molar-refractivity contribution in [2.45, 2.75) is 13.0 Å². The van der Waals surface area contributed by atoms with E-state index >= 15 is 0 Å². The summed E-state index contributed by atoms with van der Waals surface area (Å²) in [5.74, 6) is 0.155. The Morgan fingerprint density at radius 2 is 2.53 bits per heavy atom. The molecule has 2 heterocycles. The smallest absolute Gasteiger partial charge is 0.225 e. The zero-order chi connectivity index (χ0) is 13.7. The zero-order valence-electron chi connectivity index (χ0n) is 10.8. The minimum Gasteiger partial charge on any atom is -0.383 e. The lowest BCUT2D eigenvalue weighted by Gasteiger charge is -2.15. The minimum absolute atomic E-state index is 0.00290. The van der Waals surface area contributed by atoms with Gasteiger partial charge < -0.3 is 15.0 Å². The summed E-state index contributed by atoms with van der Waals surface area (Å²) in [5, 5.41) is 9.09. The number of carbonyl (C=O) groups excluding carboxylic acids is 2. The molecule has 1 fully saturated rings. The molecule has 1 aromatic rings. The molecule has 8 nitrogen and oxygen atoms in total. The second-order valence-corrected chi connectivity index (χ2v) is 4.38. The molecule has 19 heavy (non-hydrogen) atoms. The van der Waals surface area contributed by atoms with Crippen molar-refractivity contribution < 1.29 is 14.3 Å². The van der Waals surface area contributed by atoms with Gasteiger partial charge in [0.25, 0.3) is 0 Å². The molecule has 2 rings (SSSR count). The predicted octanol–water partition coefficient (Wildman–Crippen LogP) is -1.08. The molecular formula is C11H17N5O3. The van der Waals surface area contributed by atoms with Crippen molar-refractivity contribution in [2.24, 2.45) is 5.92 Å². The Hall–Kier alpha value is -1.96. The van der Waals surface area contributed by atoms with Crippen LogP contribution in [0, 0.1) is 5.92 Å². The molecule has 104 valence electrons. The lowest BCUT2D eigenvalue weighted by molar-refractivity contribution is -0.129. The molecule has 1 aliphatic heterocycles. The summed E-state index contributed by atoms with van der Waals surface area (Å²) in [7, 11) is 1.59. The van der Waals surface area contributed by atoms with E-state index in [1.807, 2.05) is 0 Å². The van der Waals surface area contributed by atoms with Crippen LogP contribution in [0.3, 0.4) is 0 Å². The largest absolute Gasteiger partial charge is 0.383 e. The standard InChI is InChI=1S/C11H17N5O3/c1-19-3-2-16-6-8(4-10(16)17)11(18)12-5-9-13-7-14-15-9/h7-8H,2-6H2,1H3,(H,12,18)(H,13,14,15). The first-order valence-electron chi connectivity index (χ1n) is 6.09. The molecule has 8 heteroatoms. The van der Waals surface area contributed by atoms with Gasteiger partial charge in [0.2, 0.25) is 11.8 Å². The maximum absolute atomic E-state index is 11.9. The molecule has 1 atom stereocenters. The van der Waals surface area contributed by atoms with Crippen LogP contribution in [0.25, 0.3) is 0 Å². The normalized spacial score (nSPS) is 18.9. The highest BCUT2D eigenvalue weighted by Crippen LogP contribution is 2.17. The maximum atomic E-state index is 11.9. The van der Waals surface area contributed by atoms with Gasteiger partial charge >= 0.3 is 0 Å². The molecule has 0 saturated carbocycles. The average Bonchev–Trinajstić information content (AvgIpc) is 3.03. The summed E-state index contributed by atoms with van der Waals surface area (Å²) in [5.41, 5.74) is 0. The number of carbonyl (C=O) groups is 2. The van der Waals surface area contributed by atoms with Crippen LogP contribution in [0.15, 0.2) is 6.33 Å². The molecule has 1 aliphatic rings. The van der Waals surface area contributed by atoms with Crippen molar-refractivity contribution in [3.8, 4) is 0 Å². The Labute approximate surface area is 110 Å². The number of hydrogen-bond acceptors (Lipinski definition) is 5. The number of likely N-dealkylation sites (tertiary alicyclic amines) is 1. The van der Waals surface area contributed by atoms with Crippen LogP contribution in [0.4, 0.5) is 0 Å². The first-order valence-corrected chi connectivity index (χ1v) is 6.09. The van der Waals surface area contributed by atoms with Gasteiger partial charge in [0, 0.05) is 26.6 Å². The van der Waals surface area contributed by atoms with E-state index in [9.17, 15) is 9.59 Å². The Bertz CT molecular complexity index is 434. The first kappa shape index (κ1) is 13.5. The molecule has 1 unspecified atom stereocenters. The molecule has 0 bridgehead atoms. The third-order valence-electron chi connectivity index (χ3n) is 3.05. The van der Waals surface area contributed by atoms with Gasteiger partial charge in [0.15, 0.2) is 0 Å². The summed E-state index contributed by atoms with van der Waals surface area (Å²) in [6.45, 7) is 1.76. The maximum Gasteiger partial charge on any atom is 0.225 e. The molecular weight excluding hydrogens is 250 g/mol. The fourth-order valence-electron chi connectivity index (χ4n) is 2.00. The van der Waals surface area contributed by atoms with E-state index in [0.29, 0.717) is 32.1 Å². The number of methoxy groups -OCH3 is 1. The average molecular weight is 267 g/mol. The van der Waals surface area contributed by atoms with Crippen LogP contribution in [0.1, 0.15) is 12.2 Å². The van der Waals surface area contributed by atoms with Crippen LogP contribution in [0.2, 0.25) is 0 Å². The van der Waals surface area contributed by atoms with E-state index in [2.05, 4.69) is 20.5 Å². The second-order valence-electron chi connectivity index (χ2n) is 4.38. The molecule has 2 N–H and O–H groups in total. The number of nitrogens with zero attached hydrogens (tertiary/aromatic N) is 3. The molecule has 0 spiro atoms. The highest BCUT2D eigenvalue weighted by molar-refractivity contribution is 5.89. The number of hydrogen-bond donors (Lipinski definition) is 2. The highest BCUT2D eigenvalue weighted by Gasteiger charge is 2.33. The lowest BCUT2D eigenvalue weighted by atomic mass is 10.1. The van der Waals surface area contributed by atoms with Gasteiger partial charge in [-0.15, -0.1) is 0 Å². The third-order valence-corrected chi connectivity index (χ3v) is 3.05. The number of amides is 2. The van der Waals surface area contributed by atoms with E-state index in [0.717, 1.165) is 0 Å². The third kappa shape index (κ3) is 3.50. The molecule has 1 saturated heterocycles. The van der Waals surface area contributed by atoms with E-state index < -0.39 is 0 Å². The molecule has 0 radical (unpaired) electrons. The predicted molar refractivity (Wildman–Crippen MR) is 64.8 cm³/mol. The van der Waals surface area contributed by atoms with Gasteiger partial charge in [-0.2, -0.15) is 5.10 Å². The fourth-order valence-corrected chi connectivity index (χ4v) is 2.00. The Balaban J connectivity index is 1.79. The van der Waals surface area contributed by atoms with E-state index in [4.69, 9.17) is 4.74 Å². The summed E-state index contributed by atoms with van der Waals surface area (Å²) >= 11 is 0. The number of aromatic amines is 1. The van der Waals surface area contributed by atoms with E-state index in [1.165, 1.54) is 6.33 Å². The van der Waals surface area contributed by atoms with Crippen molar-refractivity contribution in [1.29, 1.82) is 0 Å². The Morgan fingerprint density at radius 3 is 3.21 bits per heavy atom. The van der Waals surface area contributed by atoms with E-state index in [1.54, 1.807) is 12.0 Å². The Kier molecular flexibility index (Phi) is 4.45. The number of aromatic nitrogens is 3. The molecule has 0 aromatic carbocycles. The van der Waals surface area contributed by atoms with Gasteiger partial charge in [0.05, 0.1) is 19.1 Å². The quantitative estimate of drug-likeness (QED) is 0.682. The number of H-pyrrole nitrogens is 1. The monoisotopic (exact) mass is 267 g/mol. The topological polar surface area (TPSA) is 100 Å². The number of rotatable bonds is 6. The SMILES string of the molecule is COCCN1CC(C(=O)NCc2ncn[nH]2)CC1=O.